The molecule has 2 aromatic heterocycles. The van der Waals surface area contributed by atoms with Gasteiger partial charge in [0.2, 0.25) is 5.82 Å². The van der Waals surface area contributed by atoms with E-state index in [1.165, 1.54) is 12.8 Å². The van der Waals surface area contributed by atoms with Crippen LogP contribution in [0.25, 0.3) is 22.1 Å². The van der Waals surface area contributed by atoms with E-state index in [9.17, 15) is 4.79 Å². The number of amides is 1. The summed E-state index contributed by atoms with van der Waals surface area (Å²) in [5.74, 6) is 0.748. The lowest BCUT2D eigenvalue weighted by atomic mass is 10.2. The molecule has 0 saturated carbocycles. The van der Waals surface area contributed by atoms with Crippen LogP contribution >= 0.6 is 0 Å². The summed E-state index contributed by atoms with van der Waals surface area (Å²) >= 11 is 0. The quantitative estimate of drug-likeness (QED) is 0.735. The fourth-order valence-electron chi connectivity index (χ4n) is 4.23. The Balaban J connectivity index is 1.47. The number of nitrogens with zero attached hydrogens (tertiary/aromatic N) is 4. The molecule has 2 aliphatic heterocycles. The van der Waals surface area contributed by atoms with Gasteiger partial charge in [-0.3, -0.25) is 4.79 Å². The molecule has 1 aromatic carbocycles. The molecule has 0 unspecified atom stereocenters. The van der Waals surface area contributed by atoms with Crippen LogP contribution in [0, 0.1) is 0 Å². The number of anilines is 1. The third-order valence-electron chi connectivity index (χ3n) is 5.72. The van der Waals surface area contributed by atoms with Gasteiger partial charge in [-0.1, -0.05) is 12.1 Å². The second kappa shape index (κ2) is 7.39. The zero-order valence-electron chi connectivity index (χ0n) is 16.0. The molecule has 5 rings (SSSR count). The van der Waals surface area contributed by atoms with Crippen molar-refractivity contribution in [1.29, 1.82) is 0 Å². The van der Waals surface area contributed by atoms with E-state index < -0.39 is 0 Å². The van der Waals surface area contributed by atoms with E-state index in [2.05, 4.69) is 25.1 Å². The highest BCUT2D eigenvalue weighted by atomic mass is 16.3. The lowest BCUT2D eigenvalue weighted by Crippen LogP contribution is -2.34. The lowest BCUT2D eigenvalue weighted by Gasteiger charge is -2.17. The minimum absolute atomic E-state index is 0.216. The van der Waals surface area contributed by atoms with E-state index in [1.807, 2.05) is 24.3 Å². The van der Waals surface area contributed by atoms with E-state index in [0.29, 0.717) is 12.1 Å². The van der Waals surface area contributed by atoms with Gasteiger partial charge in [-0.2, -0.15) is 0 Å². The van der Waals surface area contributed by atoms with Crippen LogP contribution in [0.1, 0.15) is 36.3 Å². The van der Waals surface area contributed by atoms with Crippen molar-refractivity contribution in [3.8, 4) is 0 Å². The Morgan fingerprint density at radius 3 is 2.61 bits per heavy atom. The maximum Gasteiger partial charge on any atom is 0.289 e. The van der Waals surface area contributed by atoms with Gasteiger partial charge in [0.25, 0.3) is 5.91 Å². The first kappa shape index (κ1) is 17.4. The first-order valence-electron chi connectivity index (χ1n) is 10.2. The van der Waals surface area contributed by atoms with Gasteiger partial charge in [-0.15, -0.1) is 0 Å². The van der Waals surface area contributed by atoms with Crippen molar-refractivity contribution in [1.82, 2.24) is 20.2 Å². The number of aromatic nitrogens is 2. The second-order valence-electron chi connectivity index (χ2n) is 7.65. The molecule has 0 spiro atoms. The number of nitrogens with one attached hydrogen (secondary N) is 1. The summed E-state index contributed by atoms with van der Waals surface area (Å²) in [6.45, 7) is 5.60. The molecule has 2 aliphatic rings. The number of likely N-dealkylation sites (tertiary alicyclic amines) is 1. The van der Waals surface area contributed by atoms with Crippen molar-refractivity contribution in [2.45, 2.75) is 25.7 Å². The highest BCUT2D eigenvalue weighted by Crippen LogP contribution is 2.34. The number of benzene rings is 1. The van der Waals surface area contributed by atoms with Crippen LogP contribution in [0.2, 0.25) is 0 Å². The van der Waals surface area contributed by atoms with E-state index in [1.54, 1.807) is 0 Å². The molecule has 2 saturated heterocycles. The van der Waals surface area contributed by atoms with Gasteiger partial charge >= 0.3 is 0 Å². The molecular formula is C21H25N5O2. The summed E-state index contributed by atoms with van der Waals surface area (Å²) in [7, 11) is 0. The molecule has 28 heavy (non-hydrogen) atoms. The minimum Gasteiger partial charge on any atom is -0.450 e. The number of carbonyl (C=O) groups is 1. The molecule has 3 aromatic rings. The number of fused-ring (bicyclic) bond motifs is 3. The zero-order valence-corrected chi connectivity index (χ0v) is 16.0. The van der Waals surface area contributed by atoms with E-state index in [4.69, 9.17) is 4.42 Å². The monoisotopic (exact) mass is 379 g/mol. The Kier molecular flexibility index (Phi) is 4.60. The van der Waals surface area contributed by atoms with Crippen molar-refractivity contribution >= 4 is 33.8 Å². The Hall–Kier alpha value is -2.67. The van der Waals surface area contributed by atoms with Gasteiger partial charge in [-0.05, 0) is 50.9 Å². The van der Waals surface area contributed by atoms with Crippen LogP contribution in [0.3, 0.4) is 0 Å². The molecule has 1 amide bonds. The van der Waals surface area contributed by atoms with Gasteiger partial charge < -0.3 is 19.5 Å². The third-order valence-corrected chi connectivity index (χ3v) is 5.72. The van der Waals surface area contributed by atoms with Gasteiger partial charge in [0, 0.05) is 31.6 Å². The Morgan fingerprint density at radius 2 is 1.79 bits per heavy atom. The number of para-hydroxylation sites is 1. The van der Waals surface area contributed by atoms with E-state index in [0.717, 1.165) is 67.9 Å². The fraction of sp³-hybridized carbons (Fsp3) is 0.476. The third kappa shape index (κ3) is 3.20. The Morgan fingerprint density at radius 1 is 1.04 bits per heavy atom. The number of hydrogen-bond donors (Lipinski definition) is 1. The predicted molar refractivity (Wildman–Crippen MR) is 109 cm³/mol. The van der Waals surface area contributed by atoms with Crippen molar-refractivity contribution in [3.63, 3.8) is 0 Å². The molecule has 0 atom stereocenters. The highest BCUT2D eigenvalue weighted by Gasteiger charge is 2.24. The largest absolute Gasteiger partial charge is 0.450 e. The van der Waals surface area contributed by atoms with Gasteiger partial charge in [0.15, 0.2) is 11.4 Å². The minimum atomic E-state index is -0.216. The van der Waals surface area contributed by atoms with Crippen LogP contribution in [0.4, 0.5) is 5.82 Å². The van der Waals surface area contributed by atoms with Gasteiger partial charge in [0.1, 0.15) is 11.1 Å². The second-order valence-corrected chi connectivity index (χ2v) is 7.65. The standard InChI is InChI=1S/C21H25N5O2/c27-21(22-9-14-25-10-3-4-11-25)19-23-17-15-7-1-2-8-16(15)28-18(17)20(24-19)26-12-5-6-13-26/h1-2,7-8H,3-6,9-14H2,(H,22,27). The van der Waals surface area contributed by atoms with Crippen molar-refractivity contribution in [2.24, 2.45) is 0 Å². The fourth-order valence-corrected chi connectivity index (χ4v) is 4.23. The molecule has 7 nitrogen and oxygen atoms in total. The normalized spacial score (nSPS) is 17.8. The molecule has 1 N–H and O–H groups in total. The lowest BCUT2D eigenvalue weighted by molar-refractivity contribution is 0.0940. The molecule has 0 aliphatic carbocycles. The summed E-state index contributed by atoms with van der Waals surface area (Å²) < 4.78 is 6.07. The zero-order chi connectivity index (χ0) is 18.9. The summed E-state index contributed by atoms with van der Waals surface area (Å²) in [5, 5.41) is 3.92. The summed E-state index contributed by atoms with van der Waals surface area (Å²) in [4.78, 5) is 26.6. The highest BCUT2D eigenvalue weighted by molar-refractivity contribution is 6.07. The number of carbonyl (C=O) groups excluding carboxylic acids is 1. The average Bonchev–Trinajstić information content (AvgIpc) is 3.47. The van der Waals surface area contributed by atoms with Crippen LogP contribution in [0.15, 0.2) is 28.7 Å². The molecule has 4 heterocycles. The Labute approximate surface area is 163 Å². The maximum absolute atomic E-state index is 12.8. The van der Waals surface area contributed by atoms with Crippen molar-refractivity contribution in [3.05, 3.63) is 30.1 Å². The van der Waals surface area contributed by atoms with Gasteiger partial charge in [-0.25, -0.2) is 9.97 Å². The first-order valence-corrected chi connectivity index (χ1v) is 10.2. The topological polar surface area (TPSA) is 74.5 Å². The first-order chi connectivity index (χ1) is 13.8. The summed E-state index contributed by atoms with van der Waals surface area (Å²) in [6, 6.07) is 7.82. The van der Waals surface area contributed by atoms with Crippen molar-refractivity contribution in [2.75, 3.05) is 44.2 Å². The molecule has 7 heteroatoms. The van der Waals surface area contributed by atoms with Crippen LogP contribution in [-0.2, 0) is 0 Å². The van der Waals surface area contributed by atoms with Crippen LogP contribution < -0.4 is 10.2 Å². The molecule has 146 valence electrons. The average molecular weight is 379 g/mol. The number of rotatable bonds is 5. The summed E-state index contributed by atoms with van der Waals surface area (Å²) in [5.41, 5.74) is 2.17. The SMILES string of the molecule is O=C(NCCN1CCCC1)c1nc(N2CCCC2)c2oc3ccccc3c2n1. The molecule has 0 bridgehead atoms. The van der Waals surface area contributed by atoms with Gasteiger partial charge in [0.05, 0.1) is 0 Å². The number of furan rings is 1. The Bertz CT molecular complexity index is 1000. The molecule has 0 radical (unpaired) electrons. The van der Waals surface area contributed by atoms with Crippen LogP contribution in [-0.4, -0.2) is 60.0 Å². The molecular weight excluding hydrogens is 354 g/mol. The van der Waals surface area contributed by atoms with E-state index in [-0.39, 0.29) is 11.7 Å². The van der Waals surface area contributed by atoms with E-state index >= 15 is 0 Å². The number of hydrogen-bond acceptors (Lipinski definition) is 6. The van der Waals surface area contributed by atoms with Crippen molar-refractivity contribution < 1.29 is 9.21 Å². The maximum atomic E-state index is 12.8. The van der Waals surface area contributed by atoms with Crippen LogP contribution in [0.5, 0.6) is 0 Å². The summed E-state index contributed by atoms with van der Waals surface area (Å²) in [6.07, 6.45) is 4.76. The smallest absolute Gasteiger partial charge is 0.289 e. The molecule has 2 fully saturated rings. The predicted octanol–water partition coefficient (Wildman–Crippen LogP) is 2.80.